The lowest BCUT2D eigenvalue weighted by Crippen LogP contribution is -2.32. The summed E-state index contributed by atoms with van der Waals surface area (Å²) < 4.78 is 48.2. The quantitative estimate of drug-likeness (QED) is 0.575. The van der Waals surface area contributed by atoms with Crippen LogP contribution in [-0.4, -0.2) is 44.7 Å². The molecule has 0 aliphatic rings. The lowest BCUT2D eigenvalue weighted by Gasteiger charge is -2.19. The molecule has 0 saturated carbocycles. The van der Waals surface area contributed by atoms with Crippen LogP contribution in [0.2, 0.25) is 5.15 Å². The molecule has 0 spiro atoms. The molecule has 0 N–H and O–H groups in total. The van der Waals surface area contributed by atoms with E-state index < -0.39 is 29.5 Å². The Kier molecular flexibility index (Phi) is 7.90. The van der Waals surface area contributed by atoms with Gasteiger partial charge in [0.15, 0.2) is 5.15 Å². The maximum Gasteiger partial charge on any atom is 0.393 e. The Hall–Kier alpha value is -1.36. The van der Waals surface area contributed by atoms with Gasteiger partial charge in [0, 0.05) is 24.5 Å². The van der Waals surface area contributed by atoms with E-state index in [9.17, 15) is 22.5 Å². The minimum absolute atomic E-state index is 0.128. The number of aromatic nitrogens is 2. The molecule has 1 unspecified atom stereocenters. The third-order valence-electron chi connectivity index (χ3n) is 3.50. The van der Waals surface area contributed by atoms with Crippen LogP contribution in [0.4, 0.5) is 18.2 Å². The maximum absolute atomic E-state index is 12.5. The van der Waals surface area contributed by atoms with Gasteiger partial charge in [-0.1, -0.05) is 34.1 Å². The van der Waals surface area contributed by atoms with Gasteiger partial charge in [0.05, 0.1) is 12.8 Å². The maximum atomic E-state index is 12.5. The number of nitrogens with zero attached hydrogens (tertiary/aromatic N) is 3. The zero-order valence-electron chi connectivity index (χ0n) is 14.3. The van der Waals surface area contributed by atoms with E-state index in [0.29, 0.717) is 16.6 Å². The Labute approximate surface area is 166 Å². The van der Waals surface area contributed by atoms with Gasteiger partial charge in [-0.15, -0.1) is 0 Å². The molecule has 2 aromatic heterocycles. The zero-order chi connectivity index (χ0) is 20.0. The summed E-state index contributed by atoms with van der Waals surface area (Å²) in [7, 11) is 0. The van der Waals surface area contributed by atoms with Gasteiger partial charge in [-0.2, -0.15) is 13.2 Å². The number of thiazole rings is 1. The number of halogens is 4. The molecular weight excluding hydrogens is 423 g/mol. The van der Waals surface area contributed by atoms with E-state index in [2.05, 4.69) is 9.97 Å². The first-order valence-electron chi connectivity index (χ1n) is 8.00. The highest BCUT2D eigenvalue weighted by Gasteiger charge is 2.30. The summed E-state index contributed by atoms with van der Waals surface area (Å²) in [5.41, 5.74) is 0.757. The van der Waals surface area contributed by atoms with E-state index in [4.69, 9.17) is 11.6 Å². The van der Waals surface area contributed by atoms with Crippen molar-refractivity contribution in [2.24, 2.45) is 0 Å². The number of alkyl halides is 3. The first-order valence-corrected chi connectivity index (χ1v) is 10.7. The molecule has 0 fully saturated rings. The van der Waals surface area contributed by atoms with Crippen LogP contribution < -0.4 is 4.90 Å². The highest BCUT2D eigenvalue weighted by atomic mass is 35.5. The summed E-state index contributed by atoms with van der Waals surface area (Å²) in [5.74, 6) is -0.992. The van der Waals surface area contributed by atoms with E-state index in [1.165, 1.54) is 16.2 Å². The molecule has 1 atom stereocenters. The van der Waals surface area contributed by atoms with Crippen molar-refractivity contribution in [1.29, 1.82) is 0 Å². The fourth-order valence-electron chi connectivity index (χ4n) is 2.17. The zero-order valence-corrected chi connectivity index (χ0v) is 16.7. The molecule has 148 valence electrons. The molecule has 0 saturated heterocycles. The Balaban J connectivity index is 2.02. The van der Waals surface area contributed by atoms with E-state index in [-0.39, 0.29) is 23.2 Å². The summed E-state index contributed by atoms with van der Waals surface area (Å²) in [4.78, 5) is 22.1. The average Bonchev–Trinajstić information content (AvgIpc) is 3.00. The first-order chi connectivity index (χ1) is 12.7. The third kappa shape index (κ3) is 6.63. The number of amides is 1. The minimum Gasteiger partial charge on any atom is -0.616 e. The molecule has 1 amide bonds. The Morgan fingerprint density at radius 1 is 1.41 bits per heavy atom. The molecular formula is C16H17ClF3N3O2S2. The van der Waals surface area contributed by atoms with E-state index in [0.717, 1.165) is 5.56 Å². The normalized spacial score (nSPS) is 12.8. The topological polar surface area (TPSA) is 69.2 Å². The Bertz CT molecular complexity index is 759. The van der Waals surface area contributed by atoms with Gasteiger partial charge in [0.2, 0.25) is 5.91 Å². The van der Waals surface area contributed by atoms with Crippen molar-refractivity contribution in [3.8, 4) is 10.6 Å². The van der Waals surface area contributed by atoms with Gasteiger partial charge in [-0.3, -0.25) is 9.78 Å². The minimum atomic E-state index is -4.35. The van der Waals surface area contributed by atoms with Crippen LogP contribution in [0.5, 0.6) is 0 Å². The summed E-state index contributed by atoms with van der Waals surface area (Å²) in [6.07, 6.45) is -2.36. The molecule has 0 aromatic carbocycles. The summed E-state index contributed by atoms with van der Waals surface area (Å²) in [6, 6.07) is 3.57. The molecule has 2 rings (SSSR count). The van der Waals surface area contributed by atoms with Gasteiger partial charge in [0.1, 0.15) is 21.5 Å². The van der Waals surface area contributed by atoms with Gasteiger partial charge in [-0.05, 0) is 19.1 Å². The molecule has 27 heavy (non-hydrogen) atoms. The highest BCUT2D eigenvalue weighted by molar-refractivity contribution is 7.91. The van der Waals surface area contributed by atoms with Crippen molar-refractivity contribution in [2.75, 3.05) is 23.0 Å². The SMILES string of the molecule is CCN(C(=O)CC[S+]([O-])CCC(F)(F)F)c1sc(-c2cccnc2)nc1Cl. The van der Waals surface area contributed by atoms with E-state index in [1.54, 1.807) is 25.4 Å². The molecule has 0 aliphatic heterocycles. The van der Waals surface area contributed by atoms with Gasteiger partial charge >= 0.3 is 6.18 Å². The predicted molar refractivity (Wildman–Crippen MR) is 102 cm³/mol. The summed E-state index contributed by atoms with van der Waals surface area (Å²) >= 11 is 5.68. The lowest BCUT2D eigenvalue weighted by molar-refractivity contribution is -0.129. The van der Waals surface area contributed by atoms with Crippen molar-refractivity contribution in [2.45, 2.75) is 25.9 Å². The largest absolute Gasteiger partial charge is 0.616 e. The molecule has 2 heterocycles. The molecule has 11 heteroatoms. The molecule has 5 nitrogen and oxygen atoms in total. The van der Waals surface area contributed by atoms with Crippen molar-refractivity contribution >= 4 is 45.0 Å². The number of rotatable bonds is 8. The average molecular weight is 440 g/mol. The van der Waals surface area contributed by atoms with Gasteiger partial charge in [0.25, 0.3) is 0 Å². The number of carbonyl (C=O) groups is 1. The fraction of sp³-hybridized carbons (Fsp3) is 0.438. The Morgan fingerprint density at radius 3 is 2.74 bits per heavy atom. The molecule has 0 aliphatic carbocycles. The standard InChI is InChI=1S/C16H17ClF3N3O2S2/c1-2-23(12(24)5-8-27(25)9-6-16(18,19)20)15-13(17)22-14(26-15)11-4-3-7-21-10-11/h3-4,7,10H,2,5-6,8-9H2,1H3. The van der Waals surface area contributed by atoms with E-state index >= 15 is 0 Å². The third-order valence-corrected chi connectivity index (χ3v) is 6.32. The van der Waals surface area contributed by atoms with Gasteiger partial charge in [-0.25, -0.2) is 4.98 Å². The second-order valence-corrected chi connectivity index (χ2v) is 8.49. The van der Waals surface area contributed by atoms with Crippen LogP contribution >= 0.6 is 22.9 Å². The number of carbonyl (C=O) groups excluding carboxylic acids is 1. The number of anilines is 1. The lowest BCUT2D eigenvalue weighted by atomic mass is 10.3. The predicted octanol–water partition coefficient (Wildman–Crippen LogP) is 4.30. The van der Waals surface area contributed by atoms with Gasteiger partial charge < -0.3 is 9.45 Å². The Morgan fingerprint density at radius 2 is 2.15 bits per heavy atom. The van der Waals surface area contributed by atoms with E-state index in [1.807, 2.05) is 6.07 Å². The van der Waals surface area contributed by atoms with Crippen LogP contribution in [0.3, 0.4) is 0 Å². The summed E-state index contributed by atoms with van der Waals surface area (Å²) in [5, 5.41) is 1.21. The van der Waals surface area contributed by atoms with Crippen LogP contribution in [0.25, 0.3) is 10.6 Å². The number of pyridine rings is 1. The summed E-state index contributed by atoms with van der Waals surface area (Å²) in [6.45, 7) is 2.06. The van der Waals surface area contributed by atoms with Crippen molar-refractivity contribution < 1.29 is 22.5 Å². The van der Waals surface area contributed by atoms with Crippen molar-refractivity contribution in [3.63, 3.8) is 0 Å². The number of hydrogen-bond acceptors (Lipinski definition) is 5. The van der Waals surface area contributed by atoms with Crippen molar-refractivity contribution in [3.05, 3.63) is 29.7 Å². The smallest absolute Gasteiger partial charge is 0.393 e. The first kappa shape index (κ1) is 21.9. The molecule has 2 aromatic rings. The van der Waals surface area contributed by atoms with Crippen LogP contribution in [0.1, 0.15) is 19.8 Å². The second-order valence-electron chi connectivity index (χ2n) is 5.46. The molecule has 0 bridgehead atoms. The molecule has 0 radical (unpaired) electrons. The number of hydrogen-bond donors (Lipinski definition) is 0. The van der Waals surface area contributed by atoms with Crippen molar-refractivity contribution in [1.82, 2.24) is 9.97 Å². The fourth-order valence-corrected chi connectivity index (χ4v) is 4.62. The highest BCUT2D eigenvalue weighted by Crippen LogP contribution is 2.37. The monoisotopic (exact) mass is 439 g/mol. The van der Waals surface area contributed by atoms with Crippen LogP contribution in [0, 0.1) is 0 Å². The second kappa shape index (κ2) is 9.72. The van der Waals surface area contributed by atoms with Crippen LogP contribution in [-0.2, 0) is 16.0 Å². The van der Waals surface area contributed by atoms with Crippen LogP contribution in [0.15, 0.2) is 24.5 Å².